The number of rotatable bonds is 6. The predicted molar refractivity (Wildman–Crippen MR) is 75.2 cm³/mol. The zero-order chi connectivity index (χ0) is 15.2. The van der Waals surface area contributed by atoms with E-state index in [1.54, 1.807) is 36.4 Å². The first-order valence-electron chi connectivity index (χ1n) is 6.22. The first-order valence-corrected chi connectivity index (χ1v) is 6.22. The number of hydrogen-bond acceptors (Lipinski definition) is 4. The molecule has 108 valence electrons. The molecule has 0 saturated heterocycles. The quantitative estimate of drug-likeness (QED) is 0.651. The van der Waals surface area contributed by atoms with Crippen LogP contribution in [0.5, 0.6) is 5.75 Å². The lowest BCUT2D eigenvalue weighted by Gasteiger charge is -2.10. The minimum absolute atomic E-state index is 0.00470. The number of ether oxygens (including phenoxy) is 1. The van der Waals surface area contributed by atoms with Gasteiger partial charge < -0.3 is 9.84 Å². The van der Waals surface area contributed by atoms with Crippen LogP contribution in [0.3, 0.4) is 0 Å². The van der Waals surface area contributed by atoms with Gasteiger partial charge in [-0.3, -0.25) is 14.9 Å². The van der Waals surface area contributed by atoms with Gasteiger partial charge in [0, 0.05) is 17.7 Å². The second-order valence-electron chi connectivity index (χ2n) is 4.39. The zero-order valence-corrected chi connectivity index (χ0v) is 11.1. The molecule has 0 spiro atoms. The van der Waals surface area contributed by atoms with Gasteiger partial charge in [-0.1, -0.05) is 30.3 Å². The van der Waals surface area contributed by atoms with Crippen molar-refractivity contribution in [3.05, 3.63) is 69.8 Å². The summed E-state index contributed by atoms with van der Waals surface area (Å²) in [6.07, 6.45) is -0.134. The second-order valence-corrected chi connectivity index (χ2v) is 4.39. The summed E-state index contributed by atoms with van der Waals surface area (Å²) in [6, 6.07) is 13.0. The van der Waals surface area contributed by atoms with Gasteiger partial charge in [-0.15, -0.1) is 0 Å². The number of para-hydroxylation sites is 1. The van der Waals surface area contributed by atoms with Gasteiger partial charge in [-0.05, 0) is 11.6 Å². The van der Waals surface area contributed by atoms with Crippen LogP contribution in [-0.4, -0.2) is 16.0 Å². The molecule has 0 fully saturated rings. The lowest BCUT2D eigenvalue weighted by atomic mass is 10.1. The summed E-state index contributed by atoms with van der Waals surface area (Å²) in [6.45, 7) is 0.137. The summed E-state index contributed by atoms with van der Waals surface area (Å²) in [5, 5.41) is 19.5. The fourth-order valence-corrected chi connectivity index (χ4v) is 1.87. The molecule has 0 aliphatic heterocycles. The van der Waals surface area contributed by atoms with Crippen molar-refractivity contribution >= 4 is 11.7 Å². The summed E-state index contributed by atoms with van der Waals surface area (Å²) in [4.78, 5) is 21.0. The number of carboxylic acid groups (broad SMARTS) is 1. The van der Waals surface area contributed by atoms with E-state index in [1.165, 1.54) is 12.1 Å². The third-order valence-electron chi connectivity index (χ3n) is 2.83. The monoisotopic (exact) mass is 287 g/mol. The van der Waals surface area contributed by atoms with E-state index >= 15 is 0 Å². The van der Waals surface area contributed by atoms with Gasteiger partial charge in [0.1, 0.15) is 12.4 Å². The van der Waals surface area contributed by atoms with Crippen LogP contribution in [0, 0.1) is 10.1 Å². The number of nitro groups is 1. The van der Waals surface area contributed by atoms with Gasteiger partial charge in [0.05, 0.1) is 11.3 Å². The van der Waals surface area contributed by atoms with Gasteiger partial charge >= 0.3 is 5.97 Å². The first kappa shape index (κ1) is 14.5. The Morgan fingerprint density at radius 3 is 2.67 bits per heavy atom. The molecule has 1 N–H and O–H groups in total. The molecule has 0 unspecified atom stereocenters. The number of non-ortho nitro benzene ring substituents is 1. The van der Waals surface area contributed by atoms with Crippen molar-refractivity contribution in [1.82, 2.24) is 0 Å². The van der Waals surface area contributed by atoms with E-state index in [4.69, 9.17) is 9.84 Å². The Morgan fingerprint density at radius 2 is 1.95 bits per heavy atom. The Bertz CT molecular complexity index is 669. The summed E-state index contributed by atoms with van der Waals surface area (Å²) >= 11 is 0. The van der Waals surface area contributed by atoms with E-state index < -0.39 is 10.9 Å². The second kappa shape index (κ2) is 6.51. The minimum atomic E-state index is -0.943. The van der Waals surface area contributed by atoms with Crippen molar-refractivity contribution < 1.29 is 19.6 Å². The van der Waals surface area contributed by atoms with E-state index in [0.717, 1.165) is 0 Å². The zero-order valence-electron chi connectivity index (χ0n) is 11.1. The van der Waals surface area contributed by atoms with Crippen LogP contribution in [-0.2, 0) is 17.8 Å². The molecule has 21 heavy (non-hydrogen) atoms. The van der Waals surface area contributed by atoms with Crippen molar-refractivity contribution in [2.24, 2.45) is 0 Å². The highest BCUT2D eigenvalue weighted by Gasteiger charge is 2.09. The molecule has 2 aromatic rings. The van der Waals surface area contributed by atoms with E-state index in [2.05, 4.69) is 0 Å². The van der Waals surface area contributed by atoms with E-state index in [0.29, 0.717) is 16.9 Å². The molecule has 6 nitrogen and oxygen atoms in total. The Hall–Kier alpha value is -2.89. The maximum absolute atomic E-state index is 10.8. The number of nitrogens with zero attached hydrogens (tertiary/aromatic N) is 1. The van der Waals surface area contributed by atoms with E-state index in [-0.39, 0.29) is 18.7 Å². The molecule has 0 bridgehead atoms. The number of carboxylic acids is 1. The maximum atomic E-state index is 10.8. The number of nitro benzene ring substituents is 1. The van der Waals surface area contributed by atoms with Crippen LogP contribution in [0.1, 0.15) is 11.1 Å². The number of carbonyl (C=O) groups is 1. The Labute approximate surface area is 120 Å². The molecule has 6 heteroatoms. The number of benzene rings is 2. The molecule has 0 aliphatic rings. The van der Waals surface area contributed by atoms with Crippen molar-refractivity contribution in [3.8, 4) is 5.75 Å². The third-order valence-corrected chi connectivity index (χ3v) is 2.83. The Morgan fingerprint density at radius 1 is 1.19 bits per heavy atom. The van der Waals surface area contributed by atoms with Gasteiger partial charge in [0.15, 0.2) is 0 Å². The van der Waals surface area contributed by atoms with Gasteiger partial charge in [0.25, 0.3) is 5.69 Å². The molecule has 2 aromatic carbocycles. The number of hydrogen-bond donors (Lipinski definition) is 1. The van der Waals surface area contributed by atoms with Crippen molar-refractivity contribution in [2.75, 3.05) is 0 Å². The first-order chi connectivity index (χ1) is 10.1. The largest absolute Gasteiger partial charge is 0.489 e. The number of aliphatic carboxylic acids is 1. The summed E-state index contributed by atoms with van der Waals surface area (Å²) in [5.41, 5.74) is 1.21. The minimum Gasteiger partial charge on any atom is -0.489 e. The predicted octanol–water partition coefficient (Wildman–Crippen LogP) is 2.80. The normalized spacial score (nSPS) is 10.1. The SMILES string of the molecule is O=C(O)Cc1ccccc1OCc1cccc([N+](=O)[O-])c1. The molecule has 0 aromatic heterocycles. The van der Waals surface area contributed by atoms with Gasteiger partial charge in [-0.25, -0.2) is 0 Å². The van der Waals surface area contributed by atoms with Crippen LogP contribution < -0.4 is 4.74 Å². The molecule has 0 aliphatic carbocycles. The van der Waals surface area contributed by atoms with Gasteiger partial charge in [-0.2, -0.15) is 0 Å². The lowest BCUT2D eigenvalue weighted by Crippen LogP contribution is -2.04. The smallest absolute Gasteiger partial charge is 0.307 e. The van der Waals surface area contributed by atoms with Crippen LogP contribution >= 0.6 is 0 Å². The van der Waals surface area contributed by atoms with E-state index in [9.17, 15) is 14.9 Å². The Balaban J connectivity index is 2.11. The summed E-state index contributed by atoms with van der Waals surface area (Å²) in [7, 11) is 0. The molecule has 0 radical (unpaired) electrons. The fraction of sp³-hybridized carbons (Fsp3) is 0.133. The molecule has 0 atom stereocenters. The van der Waals surface area contributed by atoms with Crippen LogP contribution in [0.4, 0.5) is 5.69 Å². The van der Waals surface area contributed by atoms with Crippen molar-refractivity contribution in [2.45, 2.75) is 13.0 Å². The highest BCUT2D eigenvalue weighted by molar-refractivity contribution is 5.71. The Kier molecular flexibility index (Phi) is 4.50. The highest BCUT2D eigenvalue weighted by Crippen LogP contribution is 2.21. The molecule has 0 saturated carbocycles. The standard InChI is InChI=1S/C15H13NO5/c17-15(18)9-12-5-1-2-7-14(12)21-10-11-4-3-6-13(8-11)16(19)20/h1-8H,9-10H2,(H,17,18). The molecule has 2 rings (SSSR count). The highest BCUT2D eigenvalue weighted by atomic mass is 16.6. The average molecular weight is 287 g/mol. The fourth-order valence-electron chi connectivity index (χ4n) is 1.87. The maximum Gasteiger partial charge on any atom is 0.307 e. The molecular formula is C15H13NO5. The van der Waals surface area contributed by atoms with Crippen molar-refractivity contribution in [3.63, 3.8) is 0 Å². The topological polar surface area (TPSA) is 89.7 Å². The third kappa shape index (κ3) is 4.04. The van der Waals surface area contributed by atoms with Crippen LogP contribution in [0.15, 0.2) is 48.5 Å². The van der Waals surface area contributed by atoms with Crippen molar-refractivity contribution in [1.29, 1.82) is 0 Å². The summed E-state index contributed by atoms with van der Waals surface area (Å²) < 4.78 is 5.57. The molecular weight excluding hydrogens is 274 g/mol. The van der Waals surface area contributed by atoms with Gasteiger partial charge in [0.2, 0.25) is 0 Å². The van der Waals surface area contributed by atoms with Crippen LogP contribution in [0.2, 0.25) is 0 Å². The molecule has 0 heterocycles. The molecule has 0 amide bonds. The summed E-state index contributed by atoms with van der Waals surface area (Å²) in [5.74, 6) is -0.479. The van der Waals surface area contributed by atoms with Crippen LogP contribution in [0.25, 0.3) is 0 Å². The lowest BCUT2D eigenvalue weighted by molar-refractivity contribution is -0.384. The average Bonchev–Trinajstić information content (AvgIpc) is 2.46. The van der Waals surface area contributed by atoms with E-state index in [1.807, 2.05) is 0 Å².